The monoisotopic (exact) mass is 572 g/mol. The van der Waals surface area contributed by atoms with E-state index in [0.29, 0.717) is 47.1 Å². The van der Waals surface area contributed by atoms with Crippen molar-refractivity contribution in [2.24, 2.45) is 0 Å². The van der Waals surface area contributed by atoms with Gasteiger partial charge in [0.05, 0.1) is 17.5 Å². The van der Waals surface area contributed by atoms with Crippen LogP contribution in [0.1, 0.15) is 19.3 Å². The predicted octanol–water partition coefficient (Wildman–Crippen LogP) is 5.09. The zero-order chi connectivity index (χ0) is 28.2. The molecule has 3 aliphatic rings. The highest BCUT2D eigenvalue weighted by molar-refractivity contribution is 6.36. The molecular formula is C31H30ClFN6O2. The number of likely N-dealkylation sites (N-methyl/N-ethyl adjacent to an activating group) is 1. The smallest absolute Gasteiger partial charge is 0.320 e. The second-order valence-electron chi connectivity index (χ2n) is 11.1. The van der Waals surface area contributed by atoms with Crippen LogP contribution in [0, 0.1) is 5.82 Å². The van der Waals surface area contributed by atoms with Crippen LogP contribution >= 0.6 is 11.6 Å². The van der Waals surface area contributed by atoms with Gasteiger partial charge in [-0.1, -0.05) is 48.5 Å². The Bertz CT molecular complexity index is 1690. The summed E-state index contributed by atoms with van der Waals surface area (Å²) >= 11 is 6.57. The van der Waals surface area contributed by atoms with Crippen LogP contribution in [0.5, 0.6) is 6.01 Å². The summed E-state index contributed by atoms with van der Waals surface area (Å²) in [7, 11) is 2.09. The highest BCUT2D eigenvalue weighted by Gasteiger charge is 2.49. The molecule has 5 heterocycles. The summed E-state index contributed by atoms with van der Waals surface area (Å²) in [6.45, 7) is 6.37. The number of likely N-dealkylation sites (tertiary alicyclic amines) is 2. The topological polar surface area (TPSA) is 74.7 Å². The van der Waals surface area contributed by atoms with Crippen molar-refractivity contribution in [3.05, 3.63) is 66.0 Å². The lowest BCUT2D eigenvalue weighted by atomic mass is 9.96. The van der Waals surface area contributed by atoms with Gasteiger partial charge < -0.3 is 19.4 Å². The van der Waals surface area contributed by atoms with E-state index < -0.39 is 5.82 Å². The third-order valence-electron chi connectivity index (χ3n) is 8.81. The first-order valence-electron chi connectivity index (χ1n) is 14.0. The van der Waals surface area contributed by atoms with E-state index in [4.69, 9.17) is 26.3 Å². The molecule has 0 saturated carbocycles. The molecule has 0 aliphatic carbocycles. The maximum absolute atomic E-state index is 15.9. The quantitative estimate of drug-likeness (QED) is 0.298. The van der Waals surface area contributed by atoms with Gasteiger partial charge in [-0.3, -0.25) is 4.79 Å². The summed E-state index contributed by atoms with van der Waals surface area (Å²) in [5.41, 5.74) is 1.12. The molecule has 7 rings (SSSR count). The van der Waals surface area contributed by atoms with E-state index >= 15 is 4.39 Å². The molecule has 8 nitrogen and oxygen atoms in total. The Morgan fingerprint density at radius 1 is 1.15 bits per heavy atom. The molecule has 1 unspecified atom stereocenters. The summed E-state index contributed by atoms with van der Waals surface area (Å²) < 4.78 is 22.1. The van der Waals surface area contributed by atoms with Crippen LogP contribution < -0.4 is 9.64 Å². The highest BCUT2D eigenvalue weighted by Crippen LogP contribution is 2.41. The van der Waals surface area contributed by atoms with E-state index in [0.717, 1.165) is 36.6 Å². The van der Waals surface area contributed by atoms with Gasteiger partial charge in [0.2, 0.25) is 5.91 Å². The lowest BCUT2D eigenvalue weighted by Gasteiger charge is -2.47. The minimum atomic E-state index is -0.483. The molecule has 1 amide bonds. The Balaban J connectivity index is 1.32. The number of hydrogen-bond acceptors (Lipinski definition) is 7. The number of carbonyl (C=O) groups is 1. The number of hydrogen-bond donors (Lipinski definition) is 0. The van der Waals surface area contributed by atoms with Crippen LogP contribution in [-0.4, -0.2) is 82.1 Å². The zero-order valence-corrected chi connectivity index (χ0v) is 23.5. The first-order valence-corrected chi connectivity index (χ1v) is 14.4. The Labute approximate surface area is 242 Å². The van der Waals surface area contributed by atoms with Crippen molar-refractivity contribution >= 4 is 45.1 Å². The van der Waals surface area contributed by atoms with E-state index in [9.17, 15) is 4.79 Å². The lowest BCUT2D eigenvalue weighted by Crippen LogP contribution is -2.63. The number of halogens is 2. The van der Waals surface area contributed by atoms with Gasteiger partial charge in [-0.05, 0) is 56.4 Å². The molecule has 0 spiro atoms. The molecule has 41 heavy (non-hydrogen) atoms. The van der Waals surface area contributed by atoms with Crippen LogP contribution in [0.4, 0.5) is 10.2 Å². The largest absolute Gasteiger partial charge is 0.462 e. The van der Waals surface area contributed by atoms with Crippen molar-refractivity contribution in [2.75, 3.05) is 38.2 Å². The van der Waals surface area contributed by atoms with Gasteiger partial charge in [0.1, 0.15) is 23.9 Å². The number of pyridine rings is 1. The van der Waals surface area contributed by atoms with Crippen molar-refractivity contribution in [3.8, 4) is 17.3 Å². The van der Waals surface area contributed by atoms with Crippen molar-refractivity contribution in [1.82, 2.24) is 24.8 Å². The summed E-state index contributed by atoms with van der Waals surface area (Å²) in [6, 6.07) is 13.4. The number of amides is 1. The number of aromatic nitrogens is 3. The molecule has 3 aliphatic heterocycles. The van der Waals surface area contributed by atoms with Crippen molar-refractivity contribution < 1.29 is 13.9 Å². The van der Waals surface area contributed by atoms with Gasteiger partial charge in [0.25, 0.3) is 0 Å². The number of carbonyl (C=O) groups excluding carboxylic acids is 1. The van der Waals surface area contributed by atoms with Crippen molar-refractivity contribution in [1.29, 1.82) is 0 Å². The normalized spacial score (nSPS) is 22.3. The molecule has 210 valence electrons. The summed E-state index contributed by atoms with van der Waals surface area (Å²) in [5.74, 6) is 0.0244. The SMILES string of the molecule is C=CC(=O)N1CCC2[C@H]1CN2c1nc(OC[C@@H]2CCCN2C)nc2nc(-c3cccc4cccc(Cl)c34)c(F)cc12. The standard InChI is InChI=1S/C31H30ClFN6O2/c1-3-26(40)38-14-12-24-25(38)16-39(24)30-21-15-23(33)28(20-10-4-7-18-8-5-11-22(32)27(18)20)34-29(21)35-31(36-30)41-17-19-9-6-13-37(19)2/h3-5,7-8,10-11,15,19,24-25H,1,6,9,12-14,16-17H2,2H3/t19-,24?,25+/m0/s1. The summed E-state index contributed by atoms with van der Waals surface area (Å²) in [4.78, 5) is 32.8. The molecule has 0 N–H and O–H groups in total. The first kappa shape index (κ1) is 26.1. The average molecular weight is 573 g/mol. The molecule has 10 heteroatoms. The van der Waals surface area contributed by atoms with Crippen LogP contribution in [0.2, 0.25) is 5.02 Å². The Kier molecular flexibility index (Phi) is 6.51. The average Bonchev–Trinajstić information content (AvgIpc) is 3.53. The third kappa shape index (κ3) is 4.38. The first-order chi connectivity index (χ1) is 19.9. The van der Waals surface area contributed by atoms with Crippen LogP contribution in [-0.2, 0) is 4.79 Å². The Hall–Kier alpha value is -3.82. The van der Waals surface area contributed by atoms with Crippen LogP contribution in [0.3, 0.4) is 0 Å². The summed E-state index contributed by atoms with van der Waals surface area (Å²) in [5, 5.41) is 2.67. The van der Waals surface area contributed by atoms with Crippen molar-refractivity contribution in [2.45, 2.75) is 37.4 Å². The summed E-state index contributed by atoms with van der Waals surface area (Å²) in [6.07, 6.45) is 4.33. The van der Waals surface area contributed by atoms with Crippen LogP contribution in [0.15, 0.2) is 55.1 Å². The van der Waals surface area contributed by atoms with E-state index in [2.05, 4.69) is 28.4 Å². The number of nitrogens with zero attached hydrogens (tertiary/aromatic N) is 6. The Morgan fingerprint density at radius 3 is 2.76 bits per heavy atom. The van der Waals surface area contributed by atoms with Crippen molar-refractivity contribution in [3.63, 3.8) is 0 Å². The van der Waals surface area contributed by atoms with Gasteiger partial charge >= 0.3 is 6.01 Å². The fourth-order valence-electron chi connectivity index (χ4n) is 6.58. The number of ether oxygens (including phenoxy) is 1. The molecule has 2 aromatic carbocycles. The van der Waals surface area contributed by atoms with Gasteiger partial charge in [0, 0.05) is 35.1 Å². The van der Waals surface area contributed by atoms with Gasteiger partial charge in [0.15, 0.2) is 5.65 Å². The molecule has 3 saturated heterocycles. The maximum atomic E-state index is 15.9. The lowest BCUT2D eigenvalue weighted by molar-refractivity contribution is -0.127. The predicted molar refractivity (Wildman–Crippen MR) is 158 cm³/mol. The van der Waals surface area contributed by atoms with Gasteiger partial charge in [-0.2, -0.15) is 9.97 Å². The molecule has 0 bridgehead atoms. The Morgan fingerprint density at radius 2 is 1.98 bits per heavy atom. The van der Waals surface area contributed by atoms with E-state index in [1.54, 1.807) is 6.07 Å². The second-order valence-corrected chi connectivity index (χ2v) is 11.5. The van der Waals surface area contributed by atoms with Crippen LogP contribution in [0.25, 0.3) is 33.1 Å². The molecular weight excluding hydrogens is 543 g/mol. The third-order valence-corrected chi connectivity index (χ3v) is 9.12. The molecule has 3 atom stereocenters. The molecule has 3 fully saturated rings. The molecule has 4 aromatic rings. The minimum Gasteiger partial charge on any atom is -0.462 e. The van der Waals surface area contributed by atoms with E-state index in [1.165, 1.54) is 12.1 Å². The molecule has 2 aromatic heterocycles. The fourth-order valence-corrected chi connectivity index (χ4v) is 6.86. The second kappa shape index (κ2) is 10.2. The minimum absolute atomic E-state index is 0.0666. The van der Waals surface area contributed by atoms with Gasteiger partial charge in [-0.25, -0.2) is 9.37 Å². The maximum Gasteiger partial charge on any atom is 0.320 e. The number of fused-ring (bicyclic) bond motifs is 3. The van der Waals surface area contributed by atoms with E-state index in [1.807, 2.05) is 35.2 Å². The number of benzene rings is 2. The van der Waals surface area contributed by atoms with E-state index in [-0.39, 0.29) is 35.7 Å². The fraction of sp³-hybridized carbons (Fsp3) is 0.355. The highest BCUT2D eigenvalue weighted by atomic mass is 35.5. The van der Waals surface area contributed by atoms with Gasteiger partial charge in [-0.15, -0.1) is 0 Å². The molecule has 0 radical (unpaired) electrons. The number of rotatable bonds is 6. The zero-order valence-electron chi connectivity index (χ0n) is 22.8. The number of anilines is 1.